The largest absolute Gasteiger partial charge is 0.452 e. The van der Waals surface area contributed by atoms with Gasteiger partial charge in [0.1, 0.15) is 0 Å². The second kappa shape index (κ2) is 9.17. The lowest BCUT2D eigenvalue weighted by Crippen LogP contribution is -2.40. The minimum Gasteiger partial charge on any atom is -0.452 e. The molecule has 0 spiro atoms. The quantitative estimate of drug-likeness (QED) is 0.718. The van der Waals surface area contributed by atoms with Crippen molar-refractivity contribution in [2.45, 2.75) is 11.8 Å². The van der Waals surface area contributed by atoms with Crippen LogP contribution in [-0.4, -0.2) is 57.5 Å². The number of aryl methyl sites for hydroxylation is 1. The minimum atomic E-state index is -3.63. The van der Waals surface area contributed by atoms with Gasteiger partial charge in [0.2, 0.25) is 10.0 Å². The first-order chi connectivity index (χ1) is 13.9. The van der Waals surface area contributed by atoms with E-state index in [-0.39, 0.29) is 10.5 Å². The van der Waals surface area contributed by atoms with E-state index in [9.17, 15) is 18.0 Å². The fourth-order valence-electron chi connectivity index (χ4n) is 2.81. The fourth-order valence-corrected chi connectivity index (χ4v) is 4.22. The van der Waals surface area contributed by atoms with Crippen molar-refractivity contribution in [3.63, 3.8) is 0 Å². The monoisotopic (exact) mass is 418 g/mol. The fraction of sp³-hybridized carbons (Fsp3) is 0.300. The number of amides is 1. The van der Waals surface area contributed by atoms with Crippen LogP contribution in [0.25, 0.3) is 0 Å². The van der Waals surface area contributed by atoms with Gasteiger partial charge in [0.05, 0.1) is 23.7 Å². The molecule has 1 fully saturated rings. The standard InChI is InChI=1S/C20H22N2O6S/c1-15-4-2-3-5-18(15)21-19(23)14-28-20(24)16-6-8-17(9-7-16)29(25,26)22-10-12-27-13-11-22/h2-9H,10-14H2,1H3,(H,21,23). The van der Waals surface area contributed by atoms with Crippen LogP contribution in [0.5, 0.6) is 0 Å². The van der Waals surface area contributed by atoms with Crippen LogP contribution in [0.1, 0.15) is 15.9 Å². The highest BCUT2D eigenvalue weighted by Gasteiger charge is 2.26. The van der Waals surface area contributed by atoms with E-state index in [1.54, 1.807) is 12.1 Å². The summed E-state index contributed by atoms with van der Waals surface area (Å²) in [5, 5.41) is 2.67. The van der Waals surface area contributed by atoms with Crippen LogP contribution in [-0.2, 0) is 24.3 Å². The Hall–Kier alpha value is -2.75. The molecule has 2 aromatic carbocycles. The van der Waals surface area contributed by atoms with Crippen LogP contribution in [0.3, 0.4) is 0 Å². The Kier molecular flexibility index (Phi) is 6.63. The first kappa shape index (κ1) is 21.0. The van der Waals surface area contributed by atoms with E-state index in [0.717, 1.165) is 5.56 Å². The zero-order chi connectivity index (χ0) is 20.9. The van der Waals surface area contributed by atoms with E-state index in [1.807, 2.05) is 19.1 Å². The molecule has 1 aliphatic rings. The van der Waals surface area contributed by atoms with Gasteiger partial charge in [-0.25, -0.2) is 13.2 Å². The number of nitrogens with zero attached hydrogens (tertiary/aromatic N) is 1. The lowest BCUT2D eigenvalue weighted by Gasteiger charge is -2.26. The Morgan fingerprint density at radius 2 is 1.72 bits per heavy atom. The van der Waals surface area contributed by atoms with Crippen molar-refractivity contribution in [3.8, 4) is 0 Å². The number of hydrogen-bond acceptors (Lipinski definition) is 6. The molecule has 9 heteroatoms. The van der Waals surface area contributed by atoms with E-state index in [1.165, 1.54) is 28.6 Å². The molecule has 0 aliphatic carbocycles. The zero-order valence-electron chi connectivity index (χ0n) is 16.0. The topological polar surface area (TPSA) is 102 Å². The molecule has 0 saturated carbocycles. The van der Waals surface area contributed by atoms with Crippen molar-refractivity contribution in [1.29, 1.82) is 0 Å². The number of anilines is 1. The average molecular weight is 418 g/mol. The molecule has 1 saturated heterocycles. The molecule has 1 amide bonds. The van der Waals surface area contributed by atoms with Gasteiger partial charge in [-0.3, -0.25) is 4.79 Å². The van der Waals surface area contributed by atoms with Crippen LogP contribution < -0.4 is 5.32 Å². The minimum absolute atomic E-state index is 0.0910. The third-order valence-electron chi connectivity index (χ3n) is 4.45. The number of nitrogens with one attached hydrogen (secondary N) is 1. The van der Waals surface area contributed by atoms with E-state index in [4.69, 9.17) is 9.47 Å². The van der Waals surface area contributed by atoms with Crippen molar-refractivity contribution < 1.29 is 27.5 Å². The van der Waals surface area contributed by atoms with Crippen LogP contribution in [0, 0.1) is 6.92 Å². The summed E-state index contributed by atoms with van der Waals surface area (Å²) in [6, 6.07) is 12.7. The molecule has 0 radical (unpaired) electrons. The number of carbonyl (C=O) groups excluding carboxylic acids is 2. The molecule has 3 rings (SSSR count). The molecule has 8 nitrogen and oxygen atoms in total. The van der Waals surface area contributed by atoms with E-state index in [2.05, 4.69) is 5.32 Å². The highest BCUT2D eigenvalue weighted by Crippen LogP contribution is 2.18. The summed E-state index contributed by atoms with van der Waals surface area (Å²) >= 11 is 0. The average Bonchev–Trinajstić information content (AvgIpc) is 2.74. The van der Waals surface area contributed by atoms with Crippen molar-refractivity contribution in [3.05, 3.63) is 59.7 Å². The number of para-hydroxylation sites is 1. The van der Waals surface area contributed by atoms with Gasteiger partial charge in [0, 0.05) is 18.8 Å². The van der Waals surface area contributed by atoms with Crippen molar-refractivity contribution in [2.75, 3.05) is 38.2 Å². The first-order valence-corrected chi connectivity index (χ1v) is 10.5. The van der Waals surface area contributed by atoms with Crippen LogP contribution in [0.4, 0.5) is 5.69 Å². The van der Waals surface area contributed by atoms with Gasteiger partial charge in [-0.15, -0.1) is 0 Å². The Labute approximate surface area is 169 Å². The highest BCUT2D eigenvalue weighted by atomic mass is 32.2. The number of sulfonamides is 1. The summed E-state index contributed by atoms with van der Waals surface area (Å²) in [7, 11) is -3.63. The van der Waals surface area contributed by atoms with E-state index in [0.29, 0.717) is 32.0 Å². The van der Waals surface area contributed by atoms with Crippen LogP contribution in [0.15, 0.2) is 53.4 Å². The number of carbonyl (C=O) groups is 2. The maximum atomic E-state index is 12.6. The Bertz CT molecular complexity index is 982. The van der Waals surface area contributed by atoms with Crippen molar-refractivity contribution >= 4 is 27.6 Å². The summed E-state index contributed by atoms with van der Waals surface area (Å²) < 4.78 is 36.7. The van der Waals surface area contributed by atoms with Crippen LogP contribution >= 0.6 is 0 Å². The van der Waals surface area contributed by atoms with Gasteiger partial charge in [-0.1, -0.05) is 18.2 Å². The molecule has 154 valence electrons. The Balaban J connectivity index is 1.57. The molecule has 1 heterocycles. The third-order valence-corrected chi connectivity index (χ3v) is 6.36. The summed E-state index contributed by atoms with van der Waals surface area (Å²) in [6.07, 6.45) is 0. The van der Waals surface area contributed by atoms with Crippen molar-refractivity contribution in [1.82, 2.24) is 4.31 Å². The molecule has 2 aromatic rings. The molecule has 1 aliphatic heterocycles. The summed E-state index contributed by atoms with van der Waals surface area (Å²) in [5.74, 6) is -1.17. The number of benzene rings is 2. The summed E-state index contributed by atoms with van der Waals surface area (Å²) in [4.78, 5) is 24.2. The van der Waals surface area contributed by atoms with Gasteiger partial charge < -0.3 is 14.8 Å². The number of hydrogen-bond donors (Lipinski definition) is 1. The Morgan fingerprint density at radius 1 is 1.07 bits per heavy atom. The molecule has 0 aromatic heterocycles. The summed E-state index contributed by atoms with van der Waals surface area (Å²) in [6.45, 7) is 2.71. The maximum Gasteiger partial charge on any atom is 0.338 e. The maximum absolute atomic E-state index is 12.6. The van der Waals surface area contributed by atoms with Crippen LogP contribution in [0.2, 0.25) is 0 Å². The predicted octanol–water partition coefficient (Wildman–Crippen LogP) is 1.81. The second-order valence-corrected chi connectivity index (χ2v) is 8.42. The normalized spacial score (nSPS) is 14.9. The van der Waals surface area contributed by atoms with E-state index < -0.39 is 28.5 Å². The van der Waals surface area contributed by atoms with Gasteiger partial charge >= 0.3 is 5.97 Å². The highest BCUT2D eigenvalue weighted by molar-refractivity contribution is 7.89. The molecule has 0 bridgehead atoms. The van der Waals surface area contributed by atoms with Gasteiger partial charge in [-0.2, -0.15) is 4.31 Å². The van der Waals surface area contributed by atoms with E-state index >= 15 is 0 Å². The smallest absolute Gasteiger partial charge is 0.338 e. The first-order valence-electron chi connectivity index (χ1n) is 9.08. The molecule has 1 N–H and O–H groups in total. The third kappa shape index (κ3) is 5.20. The zero-order valence-corrected chi connectivity index (χ0v) is 16.8. The molecule has 0 unspecified atom stereocenters. The molecular weight excluding hydrogens is 396 g/mol. The molecular formula is C20H22N2O6S. The van der Waals surface area contributed by atoms with Gasteiger partial charge in [-0.05, 0) is 42.8 Å². The second-order valence-electron chi connectivity index (χ2n) is 6.48. The SMILES string of the molecule is Cc1ccccc1NC(=O)COC(=O)c1ccc(S(=O)(=O)N2CCOCC2)cc1. The number of ether oxygens (including phenoxy) is 2. The lowest BCUT2D eigenvalue weighted by atomic mass is 10.2. The number of rotatable bonds is 6. The predicted molar refractivity (Wildman–Crippen MR) is 106 cm³/mol. The molecule has 0 atom stereocenters. The Morgan fingerprint density at radius 3 is 2.38 bits per heavy atom. The van der Waals surface area contributed by atoms with Gasteiger partial charge in [0.25, 0.3) is 5.91 Å². The molecule has 29 heavy (non-hydrogen) atoms. The van der Waals surface area contributed by atoms with Crippen molar-refractivity contribution in [2.24, 2.45) is 0 Å². The number of esters is 1. The lowest BCUT2D eigenvalue weighted by molar-refractivity contribution is -0.119. The van der Waals surface area contributed by atoms with Gasteiger partial charge in [0.15, 0.2) is 6.61 Å². The number of morpholine rings is 1. The summed E-state index contributed by atoms with van der Waals surface area (Å²) in [5.41, 5.74) is 1.70.